The average molecular weight is 585 g/mol. The van der Waals surface area contributed by atoms with E-state index in [4.69, 9.17) is 9.47 Å². The van der Waals surface area contributed by atoms with Gasteiger partial charge in [-0.25, -0.2) is 0 Å². The fourth-order valence-corrected chi connectivity index (χ4v) is 5.79. The highest BCUT2D eigenvalue weighted by Gasteiger charge is 2.58. The lowest BCUT2D eigenvalue weighted by Crippen LogP contribution is -2.50. The molecule has 1 aliphatic heterocycles. The Kier molecular flexibility index (Phi) is 11.1. The maximum Gasteiger partial charge on any atom is 0.406 e. The average Bonchev–Trinajstić information content (AvgIpc) is 2.99. The lowest BCUT2D eigenvalue weighted by Gasteiger charge is -2.33. The molecule has 8 heteroatoms. The van der Waals surface area contributed by atoms with E-state index in [1.54, 1.807) is 0 Å². The summed E-state index contributed by atoms with van der Waals surface area (Å²) in [4.78, 5) is 15.3. The number of hydrogen-bond acceptors (Lipinski definition) is 4. The van der Waals surface area contributed by atoms with E-state index in [2.05, 4.69) is 16.3 Å². The van der Waals surface area contributed by atoms with Gasteiger partial charge in [-0.15, -0.1) is 0 Å². The van der Waals surface area contributed by atoms with E-state index in [1.165, 1.54) is 17.7 Å². The molecule has 0 radical (unpaired) electrons. The Bertz CT molecular complexity index is 1220. The molecular formula is C34H43F3N2O3. The number of nitrogens with one attached hydrogen (secondary N) is 1. The number of amides is 1. The lowest BCUT2D eigenvalue weighted by molar-refractivity contribution is -0.206. The van der Waals surface area contributed by atoms with E-state index >= 15 is 0 Å². The molecule has 2 aliphatic rings. The van der Waals surface area contributed by atoms with Gasteiger partial charge >= 0.3 is 6.18 Å². The number of nitrogens with zero attached hydrogens (tertiary/aromatic N) is 1. The molecule has 5 nitrogen and oxygen atoms in total. The molecule has 4 rings (SSSR count). The molecule has 1 fully saturated rings. The van der Waals surface area contributed by atoms with Gasteiger partial charge in [-0.05, 0) is 101 Å². The standard InChI is InChI=1S/C34H43F3N2O3/c1-3-41-30-13-12-29(31(25-30)42-4-2)24-26-16-22-39(23-17-26)21-9-8-20-38-32(40)33(34(35,36)37)18-14-28(15-19-33)27-10-6-5-7-11-27/h5-7,10-15,18,25-26H,3-4,8-9,16-17,19-24H2,1-2H3,(H,38,40). The first-order chi connectivity index (χ1) is 20.3. The van der Waals surface area contributed by atoms with Gasteiger partial charge in [-0.2, -0.15) is 13.2 Å². The zero-order chi connectivity index (χ0) is 30.0. The van der Waals surface area contributed by atoms with Crippen LogP contribution in [-0.2, 0) is 11.2 Å². The van der Waals surface area contributed by atoms with Gasteiger partial charge in [0.15, 0.2) is 5.41 Å². The number of likely N-dealkylation sites (tertiary alicyclic amines) is 1. The minimum Gasteiger partial charge on any atom is -0.494 e. The molecule has 1 N–H and O–H groups in total. The predicted octanol–water partition coefficient (Wildman–Crippen LogP) is 7.23. The number of carbonyl (C=O) groups is 1. The van der Waals surface area contributed by atoms with Gasteiger partial charge in [0.2, 0.25) is 5.91 Å². The third-order valence-electron chi connectivity index (χ3n) is 8.26. The number of halogens is 3. The largest absolute Gasteiger partial charge is 0.494 e. The van der Waals surface area contributed by atoms with Crippen LogP contribution < -0.4 is 14.8 Å². The van der Waals surface area contributed by atoms with Gasteiger partial charge in [-0.3, -0.25) is 4.79 Å². The van der Waals surface area contributed by atoms with Crippen molar-refractivity contribution in [1.29, 1.82) is 0 Å². The van der Waals surface area contributed by atoms with Crippen molar-refractivity contribution in [3.63, 3.8) is 0 Å². The van der Waals surface area contributed by atoms with E-state index in [-0.39, 0.29) is 6.54 Å². The minimum atomic E-state index is -4.68. The number of rotatable bonds is 13. The normalized spacial score (nSPS) is 19.8. The Morgan fingerprint density at radius 2 is 1.76 bits per heavy atom. The van der Waals surface area contributed by atoms with Crippen molar-refractivity contribution in [1.82, 2.24) is 10.2 Å². The summed E-state index contributed by atoms with van der Waals surface area (Å²) in [6.45, 7) is 8.29. The summed E-state index contributed by atoms with van der Waals surface area (Å²) in [6, 6.07) is 15.3. The molecule has 0 saturated carbocycles. The Morgan fingerprint density at radius 3 is 2.40 bits per heavy atom. The number of carbonyl (C=O) groups excluding carboxylic acids is 1. The number of benzene rings is 2. The Balaban J connectivity index is 1.19. The highest BCUT2D eigenvalue weighted by molar-refractivity contribution is 5.89. The molecule has 0 aromatic heterocycles. The second-order valence-electron chi connectivity index (χ2n) is 11.1. The number of allylic oxidation sites excluding steroid dienone is 3. The summed E-state index contributed by atoms with van der Waals surface area (Å²) >= 11 is 0. The van der Waals surface area contributed by atoms with E-state index in [0.717, 1.165) is 68.5 Å². The van der Waals surface area contributed by atoms with Crippen molar-refractivity contribution < 1.29 is 27.4 Å². The summed E-state index contributed by atoms with van der Waals surface area (Å²) in [5.41, 5.74) is 0.214. The van der Waals surface area contributed by atoms with E-state index < -0.39 is 23.9 Å². The number of unbranched alkanes of at least 4 members (excludes halogenated alkanes) is 1. The van der Waals surface area contributed by atoms with Crippen molar-refractivity contribution in [2.24, 2.45) is 11.3 Å². The van der Waals surface area contributed by atoms with Crippen LogP contribution in [0.1, 0.15) is 57.1 Å². The minimum absolute atomic E-state index is 0.230. The van der Waals surface area contributed by atoms with Gasteiger partial charge in [0, 0.05) is 12.6 Å². The Morgan fingerprint density at radius 1 is 1.02 bits per heavy atom. The predicted molar refractivity (Wildman–Crippen MR) is 161 cm³/mol. The molecule has 1 aliphatic carbocycles. The molecule has 228 valence electrons. The van der Waals surface area contributed by atoms with Gasteiger partial charge in [0.05, 0.1) is 13.2 Å². The second-order valence-corrected chi connectivity index (χ2v) is 11.1. The SMILES string of the molecule is CCOc1ccc(CC2CCN(CCCCNC(=O)C3(C(F)(F)F)C=CC(c4ccccc4)=CC3)CC2)c(OCC)c1. The first-order valence-electron chi connectivity index (χ1n) is 15.2. The van der Waals surface area contributed by atoms with E-state index in [1.807, 2.05) is 56.3 Å². The van der Waals surface area contributed by atoms with Gasteiger partial charge in [0.1, 0.15) is 11.5 Å². The second kappa shape index (κ2) is 14.8. The van der Waals surface area contributed by atoms with E-state index in [0.29, 0.717) is 31.1 Å². The number of ether oxygens (including phenoxy) is 2. The van der Waals surface area contributed by atoms with Gasteiger partial charge in [-0.1, -0.05) is 54.6 Å². The third-order valence-corrected chi connectivity index (χ3v) is 8.26. The zero-order valence-electron chi connectivity index (χ0n) is 24.7. The van der Waals surface area contributed by atoms with Gasteiger partial charge < -0.3 is 19.7 Å². The van der Waals surface area contributed by atoms with Gasteiger partial charge in [0.25, 0.3) is 0 Å². The topological polar surface area (TPSA) is 50.8 Å². The summed E-state index contributed by atoms with van der Waals surface area (Å²) in [5, 5.41) is 2.58. The molecule has 1 heterocycles. The molecular weight excluding hydrogens is 541 g/mol. The van der Waals surface area contributed by atoms with Crippen LogP contribution >= 0.6 is 0 Å². The molecule has 42 heavy (non-hydrogen) atoms. The molecule has 1 atom stereocenters. The smallest absolute Gasteiger partial charge is 0.406 e. The fraction of sp³-hybridized carbons (Fsp3) is 0.500. The lowest BCUT2D eigenvalue weighted by atomic mass is 9.77. The maximum absolute atomic E-state index is 14.1. The molecule has 1 amide bonds. The summed E-state index contributed by atoms with van der Waals surface area (Å²) in [6.07, 6.45) is 3.50. The van der Waals surface area contributed by atoms with Crippen LogP contribution in [0.4, 0.5) is 13.2 Å². The van der Waals surface area contributed by atoms with Crippen LogP contribution in [-0.4, -0.2) is 56.4 Å². The molecule has 1 unspecified atom stereocenters. The first kappa shape index (κ1) is 31.7. The fourth-order valence-electron chi connectivity index (χ4n) is 5.79. The quantitative estimate of drug-likeness (QED) is 0.253. The molecule has 2 aromatic carbocycles. The number of hydrogen-bond donors (Lipinski definition) is 1. The van der Waals surface area contributed by atoms with E-state index in [9.17, 15) is 18.0 Å². The summed E-state index contributed by atoms with van der Waals surface area (Å²) in [5.74, 6) is 1.33. The summed E-state index contributed by atoms with van der Waals surface area (Å²) in [7, 11) is 0. The van der Waals surface area contributed by atoms with Crippen molar-refractivity contribution in [2.45, 2.75) is 58.5 Å². The van der Waals surface area contributed by atoms with Crippen molar-refractivity contribution in [3.05, 3.63) is 77.9 Å². The van der Waals surface area contributed by atoms with Crippen LogP contribution in [0, 0.1) is 11.3 Å². The maximum atomic E-state index is 14.1. The van der Waals surface area contributed by atoms with Crippen LogP contribution in [0.3, 0.4) is 0 Å². The molecule has 0 bridgehead atoms. The first-order valence-corrected chi connectivity index (χ1v) is 15.2. The molecule has 1 saturated heterocycles. The Labute approximate surface area is 247 Å². The summed E-state index contributed by atoms with van der Waals surface area (Å²) < 4.78 is 53.8. The zero-order valence-corrected chi connectivity index (χ0v) is 24.7. The van der Waals surface area contributed by atoms with Crippen molar-refractivity contribution in [2.75, 3.05) is 39.4 Å². The highest BCUT2D eigenvalue weighted by atomic mass is 19.4. The number of alkyl halides is 3. The number of piperidine rings is 1. The van der Waals surface area contributed by atoms with Crippen molar-refractivity contribution in [3.8, 4) is 11.5 Å². The molecule has 0 spiro atoms. The Hall–Kier alpha value is -3.26. The molecule has 2 aromatic rings. The van der Waals surface area contributed by atoms with Crippen LogP contribution in [0.25, 0.3) is 5.57 Å². The third kappa shape index (κ3) is 7.97. The van der Waals surface area contributed by atoms with Crippen LogP contribution in [0.15, 0.2) is 66.8 Å². The monoisotopic (exact) mass is 584 g/mol. The van der Waals surface area contributed by atoms with Crippen LogP contribution in [0.2, 0.25) is 0 Å². The van der Waals surface area contributed by atoms with Crippen molar-refractivity contribution >= 4 is 11.5 Å². The highest BCUT2D eigenvalue weighted by Crippen LogP contribution is 2.46. The van der Waals surface area contributed by atoms with Crippen LogP contribution in [0.5, 0.6) is 11.5 Å².